The number of H-pyrrole nitrogens is 1. The number of likely N-dealkylation sites (tertiary alicyclic amines) is 1. The van der Waals surface area contributed by atoms with Crippen LogP contribution in [0, 0.1) is 11.3 Å². The molecule has 0 unspecified atom stereocenters. The summed E-state index contributed by atoms with van der Waals surface area (Å²) in [5.74, 6) is 1.29. The van der Waals surface area contributed by atoms with E-state index in [1.54, 1.807) is 0 Å². The summed E-state index contributed by atoms with van der Waals surface area (Å²) in [6.45, 7) is 8.51. The average molecular weight is 306 g/mol. The van der Waals surface area contributed by atoms with E-state index in [1.165, 1.54) is 0 Å². The van der Waals surface area contributed by atoms with E-state index < -0.39 is 5.54 Å². The zero-order chi connectivity index (χ0) is 15.8. The van der Waals surface area contributed by atoms with Gasteiger partial charge in [0.25, 0.3) is 0 Å². The lowest BCUT2D eigenvalue weighted by molar-refractivity contribution is 0.105. The van der Waals surface area contributed by atoms with Crippen LogP contribution in [-0.4, -0.2) is 44.6 Å². The fourth-order valence-corrected chi connectivity index (χ4v) is 3.53. The number of nitrogens with one attached hydrogen (secondary N) is 2. The Labute approximate surface area is 131 Å². The topological polar surface area (TPSA) is 86.8 Å². The molecule has 7 nitrogen and oxygen atoms in total. The van der Waals surface area contributed by atoms with E-state index in [2.05, 4.69) is 46.7 Å². The summed E-state index contributed by atoms with van der Waals surface area (Å²) in [4.78, 5) is 14.5. The Morgan fingerprint density at radius 2 is 2.00 bits per heavy atom. The fraction of sp³-hybridized carbons (Fsp3) is 0.867. The predicted octanol–water partition coefficient (Wildman–Crippen LogP) is 2.05. The summed E-state index contributed by atoms with van der Waals surface area (Å²) in [7, 11) is 0. The zero-order valence-corrected chi connectivity index (χ0v) is 13.7. The van der Waals surface area contributed by atoms with Crippen LogP contribution in [-0.2, 0) is 5.54 Å². The maximum absolute atomic E-state index is 12.6. The van der Waals surface area contributed by atoms with E-state index >= 15 is 0 Å². The minimum Gasteiger partial charge on any atom is -0.325 e. The highest BCUT2D eigenvalue weighted by atomic mass is 16.2. The molecule has 1 saturated carbocycles. The highest BCUT2D eigenvalue weighted by molar-refractivity contribution is 5.75. The third-order valence-electron chi connectivity index (χ3n) is 5.33. The second kappa shape index (κ2) is 5.52. The first-order chi connectivity index (χ1) is 10.4. The van der Waals surface area contributed by atoms with Gasteiger partial charge in [0.2, 0.25) is 0 Å². The van der Waals surface area contributed by atoms with Crippen LogP contribution in [0.2, 0.25) is 0 Å². The molecule has 2 fully saturated rings. The summed E-state index contributed by atoms with van der Waals surface area (Å²) in [6, 6.07) is 0.0110. The van der Waals surface area contributed by atoms with Crippen molar-refractivity contribution in [1.29, 1.82) is 0 Å². The molecule has 0 radical (unpaired) electrons. The van der Waals surface area contributed by atoms with Gasteiger partial charge in [0, 0.05) is 13.1 Å². The van der Waals surface area contributed by atoms with Gasteiger partial charge < -0.3 is 10.2 Å². The number of hydrogen-bond acceptors (Lipinski definition) is 4. The molecule has 1 saturated heterocycles. The quantitative estimate of drug-likeness (QED) is 0.875. The Kier molecular flexibility index (Phi) is 3.82. The number of aromatic amines is 1. The fourth-order valence-electron chi connectivity index (χ4n) is 3.53. The van der Waals surface area contributed by atoms with Crippen molar-refractivity contribution in [3.8, 4) is 0 Å². The highest BCUT2D eigenvalue weighted by Crippen LogP contribution is 2.39. The van der Waals surface area contributed by atoms with Crippen molar-refractivity contribution in [2.45, 2.75) is 58.4 Å². The second-order valence-corrected chi connectivity index (χ2v) is 7.73. The van der Waals surface area contributed by atoms with Crippen LogP contribution in [0.15, 0.2) is 0 Å². The Bertz CT molecular complexity index is 509. The van der Waals surface area contributed by atoms with Crippen molar-refractivity contribution in [1.82, 2.24) is 30.8 Å². The average Bonchev–Trinajstić information content (AvgIpc) is 2.96. The van der Waals surface area contributed by atoms with Gasteiger partial charge in [-0.05, 0) is 43.4 Å². The lowest BCUT2D eigenvalue weighted by Crippen LogP contribution is -2.56. The zero-order valence-electron chi connectivity index (χ0n) is 13.7. The molecule has 2 heterocycles. The first-order valence-corrected chi connectivity index (χ1v) is 8.22. The summed E-state index contributed by atoms with van der Waals surface area (Å²) in [5.41, 5.74) is -0.0899. The van der Waals surface area contributed by atoms with Crippen molar-refractivity contribution in [3.05, 3.63) is 5.82 Å². The van der Waals surface area contributed by atoms with E-state index in [1.807, 2.05) is 4.90 Å². The van der Waals surface area contributed by atoms with Crippen molar-refractivity contribution >= 4 is 6.03 Å². The maximum Gasteiger partial charge on any atom is 0.318 e. The molecular formula is C15H26N6O. The second-order valence-electron chi connectivity index (χ2n) is 7.73. The SMILES string of the molecule is CC(C)(C)C1CCN(C(=O)NC2(c3nn[nH]n3)CCC2)CC1. The van der Waals surface area contributed by atoms with Crippen LogP contribution in [0.4, 0.5) is 4.79 Å². The molecule has 1 aliphatic carbocycles. The van der Waals surface area contributed by atoms with Crippen LogP contribution in [0.3, 0.4) is 0 Å². The predicted molar refractivity (Wildman–Crippen MR) is 82.0 cm³/mol. The van der Waals surface area contributed by atoms with E-state index in [0.29, 0.717) is 17.2 Å². The largest absolute Gasteiger partial charge is 0.325 e. The molecule has 0 aromatic carbocycles. The van der Waals surface area contributed by atoms with Crippen LogP contribution in [0.5, 0.6) is 0 Å². The van der Waals surface area contributed by atoms with Gasteiger partial charge in [-0.15, -0.1) is 10.2 Å². The van der Waals surface area contributed by atoms with Crippen LogP contribution >= 0.6 is 0 Å². The highest BCUT2D eigenvalue weighted by Gasteiger charge is 2.45. The number of carbonyl (C=O) groups excluding carboxylic acids is 1. The number of amides is 2. The number of aromatic nitrogens is 4. The molecule has 3 rings (SSSR count). The van der Waals surface area contributed by atoms with Gasteiger partial charge in [-0.2, -0.15) is 5.21 Å². The molecule has 2 amide bonds. The smallest absolute Gasteiger partial charge is 0.318 e. The molecule has 22 heavy (non-hydrogen) atoms. The van der Waals surface area contributed by atoms with E-state index in [-0.39, 0.29) is 6.03 Å². The molecule has 0 bridgehead atoms. The Balaban J connectivity index is 1.59. The van der Waals surface area contributed by atoms with Gasteiger partial charge in [0.05, 0.1) is 0 Å². The van der Waals surface area contributed by atoms with Gasteiger partial charge in [-0.25, -0.2) is 4.79 Å². The van der Waals surface area contributed by atoms with Crippen molar-refractivity contribution < 1.29 is 4.79 Å². The molecule has 1 aromatic heterocycles. The van der Waals surface area contributed by atoms with E-state index in [0.717, 1.165) is 45.2 Å². The van der Waals surface area contributed by atoms with Gasteiger partial charge in [-0.3, -0.25) is 0 Å². The molecular weight excluding hydrogens is 280 g/mol. The number of carbonyl (C=O) groups is 1. The summed E-state index contributed by atoms with van der Waals surface area (Å²) >= 11 is 0. The summed E-state index contributed by atoms with van der Waals surface area (Å²) < 4.78 is 0. The number of urea groups is 1. The summed E-state index contributed by atoms with van der Waals surface area (Å²) in [5, 5.41) is 17.4. The first kappa shape index (κ1) is 15.2. The van der Waals surface area contributed by atoms with Gasteiger partial charge >= 0.3 is 6.03 Å². The maximum atomic E-state index is 12.6. The molecule has 2 aliphatic rings. The van der Waals surface area contributed by atoms with Gasteiger partial charge in [0.15, 0.2) is 5.82 Å². The third kappa shape index (κ3) is 2.80. The lowest BCUT2D eigenvalue weighted by atomic mass is 9.75. The monoisotopic (exact) mass is 306 g/mol. The minimum atomic E-state index is -0.412. The molecule has 0 atom stereocenters. The number of nitrogens with zero attached hydrogens (tertiary/aromatic N) is 4. The molecule has 7 heteroatoms. The number of hydrogen-bond donors (Lipinski definition) is 2. The molecule has 122 valence electrons. The first-order valence-electron chi connectivity index (χ1n) is 8.22. The lowest BCUT2D eigenvalue weighted by Gasteiger charge is -2.43. The van der Waals surface area contributed by atoms with Crippen LogP contribution in [0.25, 0.3) is 0 Å². The van der Waals surface area contributed by atoms with Gasteiger partial charge in [-0.1, -0.05) is 26.0 Å². The number of rotatable bonds is 2. The molecule has 1 aliphatic heterocycles. The molecule has 0 spiro atoms. The van der Waals surface area contributed by atoms with Crippen molar-refractivity contribution in [2.24, 2.45) is 11.3 Å². The number of tetrazole rings is 1. The van der Waals surface area contributed by atoms with Crippen molar-refractivity contribution in [3.63, 3.8) is 0 Å². The number of piperidine rings is 1. The minimum absolute atomic E-state index is 0.0110. The van der Waals surface area contributed by atoms with Gasteiger partial charge in [0.1, 0.15) is 5.54 Å². The molecule has 2 N–H and O–H groups in total. The molecule has 1 aromatic rings. The van der Waals surface area contributed by atoms with Crippen LogP contribution in [0.1, 0.15) is 58.7 Å². The van der Waals surface area contributed by atoms with Crippen LogP contribution < -0.4 is 5.32 Å². The van der Waals surface area contributed by atoms with Crippen molar-refractivity contribution in [2.75, 3.05) is 13.1 Å². The Morgan fingerprint density at radius 1 is 1.32 bits per heavy atom. The Hall–Kier alpha value is -1.66. The standard InChI is InChI=1S/C15H26N6O/c1-14(2,3)11-5-9-21(10-6-11)13(22)16-15(7-4-8-15)12-17-19-20-18-12/h11H,4-10H2,1-3H3,(H,16,22)(H,17,18,19,20). The third-order valence-corrected chi connectivity index (χ3v) is 5.33. The summed E-state index contributed by atoms with van der Waals surface area (Å²) in [6.07, 6.45) is 5.01. The van der Waals surface area contributed by atoms with E-state index in [9.17, 15) is 4.79 Å². The Morgan fingerprint density at radius 3 is 2.45 bits per heavy atom. The normalized spacial score (nSPS) is 22.2. The van der Waals surface area contributed by atoms with E-state index in [4.69, 9.17) is 0 Å².